The van der Waals surface area contributed by atoms with Crippen molar-refractivity contribution in [1.29, 1.82) is 0 Å². The number of methoxy groups -OCH3 is 1. The topological polar surface area (TPSA) is 69.4 Å². The summed E-state index contributed by atoms with van der Waals surface area (Å²) in [6, 6.07) is 1.03. The monoisotopic (exact) mass is 263 g/mol. The summed E-state index contributed by atoms with van der Waals surface area (Å²) in [4.78, 5) is 20.9. The molecule has 1 rings (SSSR count). The molecule has 98 valence electrons. The number of ether oxygens (including phenoxy) is 1. The maximum atomic E-state index is 12.7. The van der Waals surface area contributed by atoms with Crippen LogP contribution < -0.4 is 4.74 Å². The minimum atomic E-state index is -4.76. The zero-order valence-electron chi connectivity index (χ0n) is 9.37. The number of benzene rings is 1. The zero-order valence-corrected chi connectivity index (χ0v) is 9.37. The molecule has 0 aliphatic rings. The molecule has 0 unspecified atom stereocenters. The molecule has 0 heterocycles. The van der Waals surface area contributed by atoms with Gasteiger partial charge in [0.05, 0.1) is 29.2 Å². The van der Waals surface area contributed by atoms with Gasteiger partial charge in [0.15, 0.2) is 5.78 Å². The second-order valence-electron chi connectivity index (χ2n) is 3.38. The van der Waals surface area contributed by atoms with Crippen LogP contribution in [0.1, 0.15) is 22.8 Å². The Labute approximate surface area is 99.3 Å². The second kappa shape index (κ2) is 4.63. The highest BCUT2D eigenvalue weighted by Crippen LogP contribution is 2.39. The van der Waals surface area contributed by atoms with E-state index in [2.05, 4.69) is 4.74 Å². The van der Waals surface area contributed by atoms with E-state index < -0.39 is 39.4 Å². The van der Waals surface area contributed by atoms with E-state index in [0.717, 1.165) is 14.0 Å². The lowest BCUT2D eigenvalue weighted by molar-refractivity contribution is -0.385. The fourth-order valence-corrected chi connectivity index (χ4v) is 1.39. The van der Waals surface area contributed by atoms with Crippen molar-refractivity contribution in [2.75, 3.05) is 7.11 Å². The standard InChI is InChI=1S/C10H8F3NO4/c1-5(15)6-3-7(10(11,12)13)9(18-2)4-8(6)14(16)17/h3-4H,1-2H3. The van der Waals surface area contributed by atoms with Crippen LogP contribution in [0.3, 0.4) is 0 Å². The molecule has 18 heavy (non-hydrogen) atoms. The third kappa shape index (κ3) is 2.58. The molecule has 0 fully saturated rings. The fraction of sp³-hybridized carbons (Fsp3) is 0.300. The predicted octanol–water partition coefficient (Wildman–Crippen LogP) is 2.82. The average molecular weight is 263 g/mol. The van der Waals surface area contributed by atoms with E-state index in [0.29, 0.717) is 12.1 Å². The summed E-state index contributed by atoms with van der Waals surface area (Å²) < 4.78 is 42.4. The van der Waals surface area contributed by atoms with Crippen molar-refractivity contribution in [2.24, 2.45) is 0 Å². The third-order valence-electron chi connectivity index (χ3n) is 2.20. The Balaban J connectivity index is 3.62. The van der Waals surface area contributed by atoms with Crippen molar-refractivity contribution in [3.63, 3.8) is 0 Å². The van der Waals surface area contributed by atoms with Crippen LogP contribution in [0.2, 0.25) is 0 Å². The number of hydrogen-bond donors (Lipinski definition) is 0. The van der Waals surface area contributed by atoms with E-state index in [4.69, 9.17) is 0 Å². The number of carbonyl (C=O) groups excluding carboxylic acids is 1. The van der Waals surface area contributed by atoms with Crippen molar-refractivity contribution < 1.29 is 27.6 Å². The molecule has 1 aromatic rings. The van der Waals surface area contributed by atoms with Gasteiger partial charge in [-0.3, -0.25) is 14.9 Å². The Bertz CT molecular complexity index is 511. The molecule has 0 radical (unpaired) electrons. The molecule has 0 aromatic heterocycles. The van der Waals surface area contributed by atoms with Gasteiger partial charge in [-0.2, -0.15) is 13.2 Å². The average Bonchev–Trinajstić information content (AvgIpc) is 2.25. The Morgan fingerprint density at radius 3 is 2.28 bits per heavy atom. The first-order valence-corrected chi connectivity index (χ1v) is 4.63. The normalized spacial score (nSPS) is 11.2. The third-order valence-corrected chi connectivity index (χ3v) is 2.20. The Hall–Kier alpha value is -2.12. The van der Waals surface area contributed by atoms with Crippen LogP contribution in [0.25, 0.3) is 0 Å². The zero-order chi connectivity index (χ0) is 14.1. The first-order chi connectivity index (χ1) is 8.18. The number of ketones is 1. The summed E-state index contributed by atoms with van der Waals surface area (Å²) in [7, 11) is 0.960. The molecule has 0 amide bonds. The van der Waals surface area contributed by atoms with Gasteiger partial charge in [0.2, 0.25) is 0 Å². The number of halogens is 3. The molecule has 0 spiro atoms. The van der Waals surface area contributed by atoms with Gasteiger partial charge in [-0.05, 0) is 13.0 Å². The lowest BCUT2D eigenvalue weighted by Crippen LogP contribution is -2.11. The van der Waals surface area contributed by atoms with Crippen molar-refractivity contribution >= 4 is 11.5 Å². The van der Waals surface area contributed by atoms with Crippen molar-refractivity contribution in [1.82, 2.24) is 0 Å². The number of alkyl halides is 3. The number of rotatable bonds is 3. The van der Waals surface area contributed by atoms with Crippen LogP contribution in [0.4, 0.5) is 18.9 Å². The second-order valence-corrected chi connectivity index (χ2v) is 3.38. The lowest BCUT2D eigenvalue weighted by atomic mass is 10.0. The van der Waals surface area contributed by atoms with Gasteiger partial charge in [-0.25, -0.2) is 0 Å². The lowest BCUT2D eigenvalue weighted by Gasteiger charge is -2.12. The molecular weight excluding hydrogens is 255 g/mol. The minimum absolute atomic E-state index is 0.430. The summed E-state index contributed by atoms with van der Waals surface area (Å²) in [6.07, 6.45) is -4.76. The summed E-state index contributed by atoms with van der Waals surface area (Å²) in [6.45, 7) is 0.953. The number of hydrogen-bond acceptors (Lipinski definition) is 4. The largest absolute Gasteiger partial charge is 0.496 e. The SMILES string of the molecule is COc1cc([N+](=O)[O-])c(C(C)=O)cc1C(F)(F)F. The Morgan fingerprint density at radius 1 is 1.39 bits per heavy atom. The van der Waals surface area contributed by atoms with Crippen LogP contribution in [-0.2, 0) is 6.18 Å². The summed E-state index contributed by atoms with van der Waals surface area (Å²) in [5.41, 5.74) is -2.54. The maximum Gasteiger partial charge on any atom is 0.419 e. The Morgan fingerprint density at radius 2 is 1.94 bits per heavy atom. The first kappa shape index (κ1) is 13.9. The quantitative estimate of drug-likeness (QED) is 0.477. The fourth-order valence-electron chi connectivity index (χ4n) is 1.39. The summed E-state index contributed by atoms with van der Waals surface area (Å²) in [5.74, 6) is -1.52. The van der Waals surface area contributed by atoms with Gasteiger partial charge in [0.25, 0.3) is 5.69 Å². The summed E-state index contributed by atoms with van der Waals surface area (Å²) in [5, 5.41) is 10.7. The van der Waals surface area contributed by atoms with E-state index in [1.54, 1.807) is 0 Å². The highest BCUT2D eigenvalue weighted by molar-refractivity contribution is 5.98. The number of nitrogens with zero attached hydrogens (tertiary/aromatic N) is 1. The molecule has 0 aliphatic carbocycles. The van der Waals surface area contributed by atoms with Crippen molar-refractivity contribution in [3.8, 4) is 5.75 Å². The molecule has 0 N–H and O–H groups in total. The highest BCUT2D eigenvalue weighted by Gasteiger charge is 2.37. The molecule has 5 nitrogen and oxygen atoms in total. The number of nitro groups is 1. The van der Waals surface area contributed by atoms with Crippen molar-refractivity contribution in [3.05, 3.63) is 33.4 Å². The van der Waals surface area contributed by atoms with Crippen LogP contribution >= 0.6 is 0 Å². The number of nitro benzene ring substituents is 1. The predicted molar refractivity (Wildman–Crippen MR) is 54.7 cm³/mol. The minimum Gasteiger partial charge on any atom is -0.496 e. The van der Waals surface area contributed by atoms with Gasteiger partial charge in [-0.1, -0.05) is 0 Å². The smallest absolute Gasteiger partial charge is 0.419 e. The van der Waals surface area contributed by atoms with E-state index in [1.165, 1.54) is 0 Å². The number of Topliss-reactive ketones (excluding diaryl/α,β-unsaturated/α-hetero) is 1. The molecule has 0 aliphatic heterocycles. The van der Waals surface area contributed by atoms with E-state index >= 15 is 0 Å². The number of carbonyl (C=O) groups is 1. The van der Waals surface area contributed by atoms with Gasteiger partial charge >= 0.3 is 6.18 Å². The van der Waals surface area contributed by atoms with Crippen LogP contribution in [0.5, 0.6) is 5.75 Å². The first-order valence-electron chi connectivity index (χ1n) is 4.63. The van der Waals surface area contributed by atoms with Crippen LogP contribution in [0, 0.1) is 10.1 Å². The van der Waals surface area contributed by atoms with Gasteiger partial charge in [0.1, 0.15) is 5.75 Å². The molecule has 0 bridgehead atoms. The molecule has 0 saturated carbocycles. The highest BCUT2D eigenvalue weighted by atomic mass is 19.4. The van der Waals surface area contributed by atoms with Gasteiger partial charge in [0, 0.05) is 0 Å². The van der Waals surface area contributed by atoms with Gasteiger partial charge < -0.3 is 4.74 Å². The maximum absolute atomic E-state index is 12.7. The molecule has 0 saturated heterocycles. The van der Waals surface area contributed by atoms with E-state index in [-0.39, 0.29) is 0 Å². The van der Waals surface area contributed by atoms with Crippen LogP contribution in [0.15, 0.2) is 12.1 Å². The molecule has 1 aromatic carbocycles. The molecule has 0 atom stereocenters. The Kier molecular flexibility index (Phi) is 3.59. The van der Waals surface area contributed by atoms with Gasteiger partial charge in [-0.15, -0.1) is 0 Å². The molecular formula is C10H8F3NO4. The van der Waals surface area contributed by atoms with E-state index in [1.807, 2.05) is 0 Å². The summed E-state index contributed by atoms with van der Waals surface area (Å²) >= 11 is 0. The van der Waals surface area contributed by atoms with E-state index in [9.17, 15) is 28.1 Å². The van der Waals surface area contributed by atoms with Crippen LogP contribution in [-0.4, -0.2) is 17.8 Å². The van der Waals surface area contributed by atoms with Crippen molar-refractivity contribution in [2.45, 2.75) is 13.1 Å². The molecule has 8 heteroatoms.